The van der Waals surface area contributed by atoms with Crippen molar-refractivity contribution in [2.45, 2.75) is 20.8 Å². The summed E-state index contributed by atoms with van der Waals surface area (Å²) in [4.78, 5) is 44.7. The van der Waals surface area contributed by atoms with Crippen LogP contribution in [0.3, 0.4) is 0 Å². The second-order valence-electron chi connectivity index (χ2n) is 6.57. The van der Waals surface area contributed by atoms with Crippen LogP contribution in [0.4, 0.5) is 5.69 Å². The molecule has 0 aliphatic carbocycles. The molecule has 1 aliphatic heterocycles. The molecule has 0 fully saturated rings. The molecule has 1 aromatic heterocycles. The summed E-state index contributed by atoms with van der Waals surface area (Å²) >= 11 is 2.19. The van der Waals surface area contributed by atoms with Gasteiger partial charge in [0, 0.05) is 5.69 Å². The Bertz CT molecular complexity index is 1080. The third-order valence-electron chi connectivity index (χ3n) is 4.10. The van der Waals surface area contributed by atoms with Gasteiger partial charge in [-0.15, -0.1) is 11.3 Å². The zero-order chi connectivity index (χ0) is 21.8. The number of carbonyl (C=O) groups is 3. The number of rotatable bonds is 4. The van der Waals surface area contributed by atoms with Gasteiger partial charge >= 0.3 is 0 Å². The van der Waals surface area contributed by atoms with Gasteiger partial charge in [0.2, 0.25) is 5.91 Å². The summed E-state index contributed by atoms with van der Waals surface area (Å²) in [7, 11) is 0. The van der Waals surface area contributed by atoms with E-state index in [0.717, 1.165) is 34.1 Å². The van der Waals surface area contributed by atoms with Crippen LogP contribution >= 0.6 is 23.1 Å². The van der Waals surface area contributed by atoms with Gasteiger partial charge in [-0.2, -0.15) is 4.99 Å². The first-order chi connectivity index (χ1) is 14.2. The molecule has 3 amide bonds. The third-order valence-corrected chi connectivity index (χ3v) is 5.83. The Morgan fingerprint density at radius 2 is 1.97 bits per heavy atom. The lowest BCUT2D eigenvalue weighted by atomic mass is 10.1. The van der Waals surface area contributed by atoms with Crippen LogP contribution in [-0.4, -0.2) is 40.2 Å². The van der Waals surface area contributed by atoms with Gasteiger partial charge in [-0.1, -0.05) is 35.5 Å². The van der Waals surface area contributed by atoms with E-state index >= 15 is 0 Å². The maximum atomic E-state index is 12.3. The van der Waals surface area contributed by atoms with Crippen molar-refractivity contribution in [3.8, 4) is 0 Å². The first-order valence-electron chi connectivity index (χ1n) is 8.90. The summed E-state index contributed by atoms with van der Waals surface area (Å²) in [5.41, 5.74) is 3.45. The molecule has 30 heavy (non-hydrogen) atoms. The Kier molecular flexibility index (Phi) is 6.58. The molecule has 10 heteroatoms. The van der Waals surface area contributed by atoms with Gasteiger partial charge in [0.25, 0.3) is 11.8 Å². The minimum atomic E-state index is -0.701. The minimum absolute atomic E-state index is 0.000246. The first-order valence-corrected chi connectivity index (χ1v) is 10.8. The minimum Gasteiger partial charge on any atom is -0.325 e. The number of aryl methyl sites for hydroxylation is 3. The molecule has 0 bridgehead atoms. The summed E-state index contributed by atoms with van der Waals surface area (Å²) in [5, 5.41) is 15.1. The van der Waals surface area contributed by atoms with Crippen LogP contribution in [0.25, 0.3) is 0 Å². The van der Waals surface area contributed by atoms with E-state index in [1.807, 2.05) is 32.9 Å². The average molecular weight is 442 g/mol. The van der Waals surface area contributed by atoms with Gasteiger partial charge in [0.1, 0.15) is 0 Å². The second-order valence-corrected chi connectivity index (χ2v) is 8.48. The molecule has 8 nitrogen and oxygen atoms in total. The van der Waals surface area contributed by atoms with E-state index in [1.165, 1.54) is 11.3 Å². The van der Waals surface area contributed by atoms with Crippen molar-refractivity contribution in [1.29, 1.82) is 5.41 Å². The number of nitrogens with one attached hydrogen (secondary N) is 3. The van der Waals surface area contributed by atoms with Crippen molar-refractivity contribution >= 4 is 63.2 Å². The SMILES string of the molecule is Cc1cc(C)c(NC(=O)CSC2=NC(=N)C(=NC(=O)c3cccs3)C(=O)N2)c(C)c1. The monoisotopic (exact) mass is 441 g/mol. The zero-order valence-electron chi connectivity index (χ0n) is 16.5. The van der Waals surface area contributed by atoms with Crippen molar-refractivity contribution in [3.63, 3.8) is 0 Å². The number of aliphatic imine (C=N–C) groups is 2. The molecule has 0 atom stereocenters. The van der Waals surface area contributed by atoms with Gasteiger partial charge < -0.3 is 5.32 Å². The highest BCUT2D eigenvalue weighted by molar-refractivity contribution is 8.14. The van der Waals surface area contributed by atoms with E-state index < -0.39 is 17.6 Å². The predicted molar refractivity (Wildman–Crippen MR) is 121 cm³/mol. The van der Waals surface area contributed by atoms with E-state index in [9.17, 15) is 14.4 Å². The predicted octanol–water partition coefficient (Wildman–Crippen LogP) is 3.09. The number of hydrogen-bond donors (Lipinski definition) is 3. The van der Waals surface area contributed by atoms with Crippen LogP contribution in [0, 0.1) is 26.2 Å². The van der Waals surface area contributed by atoms with Gasteiger partial charge in [-0.25, -0.2) is 4.99 Å². The normalized spacial score (nSPS) is 15.0. The average Bonchev–Trinajstić information content (AvgIpc) is 3.20. The van der Waals surface area contributed by atoms with Crippen LogP contribution in [-0.2, 0) is 9.59 Å². The lowest BCUT2D eigenvalue weighted by molar-refractivity contribution is -0.114. The topological polar surface area (TPSA) is 124 Å². The number of nitrogens with zero attached hydrogens (tertiary/aromatic N) is 2. The molecule has 2 heterocycles. The Morgan fingerprint density at radius 1 is 1.27 bits per heavy atom. The Morgan fingerprint density at radius 3 is 2.57 bits per heavy atom. The van der Waals surface area contributed by atoms with E-state index in [0.29, 0.717) is 4.88 Å². The Labute approximate surface area is 181 Å². The van der Waals surface area contributed by atoms with Crippen LogP contribution < -0.4 is 10.6 Å². The Balaban J connectivity index is 1.63. The van der Waals surface area contributed by atoms with Gasteiger partial charge in [-0.05, 0) is 43.3 Å². The van der Waals surface area contributed by atoms with Gasteiger partial charge in [0.05, 0.1) is 10.6 Å². The lowest BCUT2D eigenvalue weighted by Crippen LogP contribution is -2.43. The number of hydrogen-bond acceptors (Lipinski definition) is 6. The van der Waals surface area contributed by atoms with Crippen molar-refractivity contribution in [1.82, 2.24) is 5.32 Å². The molecular formula is C20H19N5O3S2. The van der Waals surface area contributed by atoms with E-state index in [2.05, 4.69) is 20.6 Å². The number of amidine groups is 2. The maximum Gasteiger partial charge on any atom is 0.287 e. The molecule has 1 aromatic carbocycles. The fourth-order valence-corrected chi connectivity index (χ4v) is 4.13. The fraction of sp³-hybridized carbons (Fsp3) is 0.200. The van der Waals surface area contributed by atoms with Crippen molar-refractivity contribution in [2.75, 3.05) is 11.1 Å². The van der Waals surface area contributed by atoms with Crippen LogP contribution in [0.1, 0.15) is 26.4 Å². The smallest absolute Gasteiger partial charge is 0.287 e. The van der Waals surface area contributed by atoms with Crippen molar-refractivity contribution in [3.05, 3.63) is 51.2 Å². The summed E-state index contributed by atoms with van der Waals surface area (Å²) in [6.45, 7) is 5.84. The maximum absolute atomic E-state index is 12.3. The molecule has 3 N–H and O–H groups in total. The number of thioether (sulfide) groups is 1. The molecular weight excluding hydrogens is 422 g/mol. The first kappa shape index (κ1) is 21.6. The van der Waals surface area contributed by atoms with Gasteiger partial charge in [0.15, 0.2) is 16.7 Å². The summed E-state index contributed by atoms with van der Waals surface area (Å²) in [6.07, 6.45) is 0. The number of anilines is 1. The van der Waals surface area contributed by atoms with E-state index in [1.54, 1.807) is 17.5 Å². The highest BCUT2D eigenvalue weighted by Gasteiger charge is 2.26. The molecule has 0 unspecified atom stereocenters. The largest absolute Gasteiger partial charge is 0.325 e. The Hall–Kier alpha value is -3.11. The standard InChI is InChI=1S/C20H19N5O3S2/c1-10-7-11(2)15(12(3)8-10)22-14(26)9-30-20-24-17(21)16(19(28)25-20)23-18(27)13-5-4-6-29-13/h4-8H,9H2,1-3H3,(H,22,26)(H2,21,24,25,28). The lowest BCUT2D eigenvalue weighted by Gasteiger charge is -2.15. The van der Waals surface area contributed by atoms with Gasteiger partial charge in [-0.3, -0.25) is 25.1 Å². The molecule has 0 saturated heterocycles. The number of thiophene rings is 1. The zero-order valence-corrected chi connectivity index (χ0v) is 18.2. The highest BCUT2D eigenvalue weighted by atomic mass is 32.2. The number of amides is 3. The highest BCUT2D eigenvalue weighted by Crippen LogP contribution is 2.22. The molecule has 0 saturated carbocycles. The molecule has 154 valence electrons. The van der Waals surface area contributed by atoms with Crippen LogP contribution in [0.15, 0.2) is 39.6 Å². The number of carbonyl (C=O) groups excluding carboxylic acids is 3. The van der Waals surface area contributed by atoms with Crippen molar-refractivity contribution in [2.24, 2.45) is 9.98 Å². The van der Waals surface area contributed by atoms with Crippen LogP contribution in [0.2, 0.25) is 0 Å². The second kappa shape index (κ2) is 9.14. The van der Waals surface area contributed by atoms with Crippen molar-refractivity contribution < 1.29 is 14.4 Å². The quantitative estimate of drug-likeness (QED) is 0.674. The fourth-order valence-electron chi connectivity index (χ4n) is 2.86. The molecule has 1 aliphatic rings. The molecule has 0 radical (unpaired) electrons. The number of benzene rings is 1. The summed E-state index contributed by atoms with van der Waals surface area (Å²) in [5.74, 6) is -1.98. The third kappa shape index (κ3) is 5.08. The molecule has 2 aromatic rings. The van der Waals surface area contributed by atoms with E-state index in [4.69, 9.17) is 5.41 Å². The van der Waals surface area contributed by atoms with Crippen LogP contribution in [0.5, 0.6) is 0 Å². The molecule has 0 spiro atoms. The summed E-state index contributed by atoms with van der Waals surface area (Å²) < 4.78 is 0. The summed E-state index contributed by atoms with van der Waals surface area (Å²) in [6, 6.07) is 7.26. The molecule has 3 rings (SSSR count). The van der Waals surface area contributed by atoms with E-state index in [-0.39, 0.29) is 22.5 Å².